The molecule has 1 N–H and O–H groups in total. The Bertz CT molecular complexity index is 841. The maximum Gasteiger partial charge on any atom is 0.338 e. The number of halogens is 2. The standard InChI is InChI=1S/C18H17ClFNO5/c1-10-6-14(16(25-3)8-12(10)19)21-17(22)9-26-18(23)11-4-5-15(24-2)13(20)7-11/h4-8H,9H2,1-3H3,(H,21,22). The monoisotopic (exact) mass is 381 g/mol. The summed E-state index contributed by atoms with van der Waals surface area (Å²) in [4.78, 5) is 23.9. The zero-order chi connectivity index (χ0) is 19.3. The van der Waals surface area contributed by atoms with E-state index < -0.39 is 24.3 Å². The molecule has 26 heavy (non-hydrogen) atoms. The molecule has 0 radical (unpaired) electrons. The van der Waals surface area contributed by atoms with E-state index in [9.17, 15) is 14.0 Å². The number of hydrogen-bond acceptors (Lipinski definition) is 5. The van der Waals surface area contributed by atoms with E-state index in [1.807, 2.05) is 0 Å². The number of hydrogen-bond donors (Lipinski definition) is 1. The number of amides is 1. The summed E-state index contributed by atoms with van der Waals surface area (Å²) in [6.07, 6.45) is 0. The van der Waals surface area contributed by atoms with Crippen molar-refractivity contribution in [2.45, 2.75) is 6.92 Å². The average molecular weight is 382 g/mol. The van der Waals surface area contributed by atoms with E-state index >= 15 is 0 Å². The molecule has 0 spiro atoms. The Balaban J connectivity index is 2.00. The Morgan fingerprint density at radius 3 is 2.42 bits per heavy atom. The maximum absolute atomic E-state index is 13.6. The molecule has 6 nitrogen and oxygen atoms in total. The summed E-state index contributed by atoms with van der Waals surface area (Å²) in [7, 11) is 2.75. The number of carbonyl (C=O) groups is 2. The summed E-state index contributed by atoms with van der Waals surface area (Å²) in [6, 6.07) is 6.82. The molecule has 0 aliphatic rings. The van der Waals surface area contributed by atoms with E-state index in [0.29, 0.717) is 16.5 Å². The second-order valence-corrected chi connectivity index (χ2v) is 5.68. The first kappa shape index (κ1) is 19.5. The van der Waals surface area contributed by atoms with Crippen molar-refractivity contribution in [1.29, 1.82) is 0 Å². The molecular formula is C18H17ClFNO5. The molecule has 0 unspecified atom stereocenters. The Morgan fingerprint density at radius 1 is 1.12 bits per heavy atom. The van der Waals surface area contributed by atoms with Crippen LogP contribution in [-0.4, -0.2) is 32.7 Å². The fourth-order valence-corrected chi connectivity index (χ4v) is 2.28. The Morgan fingerprint density at radius 2 is 1.81 bits per heavy atom. The maximum atomic E-state index is 13.6. The van der Waals surface area contributed by atoms with Gasteiger partial charge < -0.3 is 19.5 Å². The van der Waals surface area contributed by atoms with Gasteiger partial charge in [-0.15, -0.1) is 0 Å². The molecule has 0 aliphatic carbocycles. The number of anilines is 1. The Kier molecular flexibility index (Phi) is 6.41. The van der Waals surface area contributed by atoms with Crippen LogP contribution in [0.5, 0.6) is 11.5 Å². The molecule has 2 aromatic rings. The molecule has 1 amide bonds. The molecule has 0 heterocycles. The second-order valence-electron chi connectivity index (χ2n) is 5.28. The van der Waals surface area contributed by atoms with E-state index in [1.165, 1.54) is 26.4 Å². The molecule has 8 heteroatoms. The number of ether oxygens (including phenoxy) is 3. The highest BCUT2D eigenvalue weighted by Gasteiger charge is 2.15. The van der Waals surface area contributed by atoms with Crippen molar-refractivity contribution >= 4 is 29.2 Å². The highest BCUT2D eigenvalue weighted by molar-refractivity contribution is 6.31. The molecule has 0 saturated heterocycles. The van der Waals surface area contributed by atoms with Crippen LogP contribution in [0.25, 0.3) is 0 Å². The van der Waals surface area contributed by atoms with Gasteiger partial charge in [0.2, 0.25) is 0 Å². The summed E-state index contributed by atoms with van der Waals surface area (Å²) in [5, 5.41) is 3.07. The lowest BCUT2D eigenvalue weighted by Gasteiger charge is -2.12. The first-order valence-corrected chi connectivity index (χ1v) is 7.88. The summed E-state index contributed by atoms with van der Waals surface area (Å²) in [6.45, 7) is 1.23. The van der Waals surface area contributed by atoms with E-state index in [4.69, 9.17) is 25.8 Å². The minimum Gasteiger partial charge on any atom is -0.495 e. The van der Waals surface area contributed by atoms with Crippen LogP contribution in [0, 0.1) is 12.7 Å². The van der Waals surface area contributed by atoms with Crippen LogP contribution in [0.1, 0.15) is 15.9 Å². The third kappa shape index (κ3) is 4.64. The quantitative estimate of drug-likeness (QED) is 0.774. The van der Waals surface area contributed by atoms with Crippen LogP contribution in [0.2, 0.25) is 5.02 Å². The van der Waals surface area contributed by atoms with Gasteiger partial charge in [-0.05, 0) is 36.8 Å². The molecular weight excluding hydrogens is 365 g/mol. The van der Waals surface area contributed by atoms with Gasteiger partial charge in [-0.25, -0.2) is 9.18 Å². The largest absolute Gasteiger partial charge is 0.495 e. The van der Waals surface area contributed by atoms with Crippen LogP contribution >= 0.6 is 11.6 Å². The lowest BCUT2D eigenvalue weighted by Crippen LogP contribution is -2.21. The second kappa shape index (κ2) is 8.53. The summed E-state index contributed by atoms with van der Waals surface area (Å²) in [5.41, 5.74) is 1.11. The molecule has 0 saturated carbocycles. The smallest absolute Gasteiger partial charge is 0.338 e. The van der Waals surface area contributed by atoms with Crippen LogP contribution in [-0.2, 0) is 9.53 Å². The molecule has 0 aromatic heterocycles. The topological polar surface area (TPSA) is 73.9 Å². The third-order valence-corrected chi connectivity index (χ3v) is 3.88. The number of nitrogens with one attached hydrogen (secondary N) is 1. The van der Waals surface area contributed by atoms with Crippen molar-refractivity contribution < 1.29 is 28.2 Å². The first-order chi connectivity index (χ1) is 12.3. The SMILES string of the molecule is COc1ccc(C(=O)OCC(=O)Nc2cc(C)c(Cl)cc2OC)cc1F. The van der Waals surface area contributed by atoms with E-state index in [0.717, 1.165) is 11.6 Å². The van der Waals surface area contributed by atoms with Gasteiger partial charge in [0.25, 0.3) is 5.91 Å². The lowest BCUT2D eigenvalue weighted by atomic mass is 10.2. The van der Waals surface area contributed by atoms with E-state index in [2.05, 4.69) is 5.32 Å². The van der Waals surface area contributed by atoms with Crippen molar-refractivity contribution in [3.05, 3.63) is 52.3 Å². The summed E-state index contributed by atoms with van der Waals surface area (Å²) >= 11 is 6.00. The molecule has 2 rings (SSSR count). The van der Waals surface area contributed by atoms with Crippen LogP contribution < -0.4 is 14.8 Å². The van der Waals surface area contributed by atoms with Gasteiger partial charge in [0.05, 0.1) is 25.5 Å². The summed E-state index contributed by atoms with van der Waals surface area (Å²) < 4.78 is 28.4. The average Bonchev–Trinajstić information content (AvgIpc) is 2.62. The van der Waals surface area contributed by atoms with Crippen LogP contribution in [0.3, 0.4) is 0 Å². The van der Waals surface area contributed by atoms with Crippen molar-refractivity contribution in [3.63, 3.8) is 0 Å². The van der Waals surface area contributed by atoms with Gasteiger partial charge in [0.15, 0.2) is 18.2 Å². The van der Waals surface area contributed by atoms with Gasteiger partial charge in [0, 0.05) is 11.1 Å². The van der Waals surface area contributed by atoms with Crippen LogP contribution in [0.15, 0.2) is 30.3 Å². The minimum atomic E-state index is -0.832. The van der Waals surface area contributed by atoms with Crippen LogP contribution in [0.4, 0.5) is 10.1 Å². The zero-order valence-corrected chi connectivity index (χ0v) is 15.1. The Hall–Kier alpha value is -2.80. The molecule has 0 bridgehead atoms. The van der Waals surface area contributed by atoms with E-state index in [-0.39, 0.29) is 11.3 Å². The number of carbonyl (C=O) groups excluding carboxylic acids is 2. The fourth-order valence-electron chi connectivity index (χ4n) is 2.12. The first-order valence-electron chi connectivity index (χ1n) is 7.50. The van der Waals surface area contributed by atoms with Gasteiger partial charge in [-0.3, -0.25) is 4.79 Å². The van der Waals surface area contributed by atoms with Gasteiger partial charge in [0.1, 0.15) is 5.75 Å². The number of benzene rings is 2. The molecule has 138 valence electrons. The molecule has 0 fully saturated rings. The van der Waals surface area contributed by atoms with Crippen molar-refractivity contribution in [2.75, 3.05) is 26.1 Å². The third-order valence-electron chi connectivity index (χ3n) is 3.48. The van der Waals surface area contributed by atoms with Crippen molar-refractivity contribution in [2.24, 2.45) is 0 Å². The number of rotatable bonds is 6. The number of methoxy groups -OCH3 is 2. The fraction of sp³-hybridized carbons (Fsp3) is 0.222. The number of aryl methyl sites for hydroxylation is 1. The predicted molar refractivity (Wildman–Crippen MR) is 94.6 cm³/mol. The van der Waals surface area contributed by atoms with Crippen molar-refractivity contribution in [3.8, 4) is 11.5 Å². The lowest BCUT2D eigenvalue weighted by molar-refractivity contribution is -0.119. The normalized spacial score (nSPS) is 10.2. The molecule has 0 atom stereocenters. The van der Waals surface area contributed by atoms with Gasteiger partial charge in [-0.2, -0.15) is 0 Å². The van der Waals surface area contributed by atoms with Gasteiger partial charge in [-0.1, -0.05) is 11.6 Å². The highest BCUT2D eigenvalue weighted by Crippen LogP contribution is 2.30. The molecule has 0 aliphatic heterocycles. The molecule has 2 aromatic carbocycles. The zero-order valence-electron chi connectivity index (χ0n) is 14.4. The summed E-state index contributed by atoms with van der Waals surface area (Å²) in [5.74, 6) is -1.73. The van der Waals surface area contributed by atoms with Crippen molar-refractivity contribution in [1.82, 2.24) is 0 Å². The van der Waals surface area contributed by atoms with Gasteiger partial charge >= 0.3 is 5.97 Å². The van der Waals surface area contributed by atoms with E-state index in [1.54, 1.807) is 19.1 Å². The predicted octanol–water partition coefficient (Wildman–Crippen LogP) is 3.60. The minimum absolute atomic E-state index is 0.00416. The highest BCUT2D eigenvalue weighted by atomic mass is 35.5. The Labute approximate surface area is 154 Å². The number of esters is 1.